The molecule has 7 aliphatic heterocycles. The van der Waals surface area contributed by atoms with Crippen LogP contribution in [0.2, 0.25) is 0 Å². The highest BCUT2D eigenvalue weighted by molar-refractivity contribution is 7.90. The molecule has 3 N–H and O–H groups in total. The molecular formula is C65H81N13O10S. The van der Waals surface area contributed by atoms with Gasteiger partial charge in [-0.3, -0.25) is 34.5 Å². The third-order valence-corrected chi connectivity index (χ3v) is 21.5. The predicted molar refractivity (Wildman–Crippen MR) is 339 cm³/mol. The molecule has 1 amide bonds. The minimum Gasteiger partial charge on any atom is -0.493 e. The molecule has 0 radical (unpaired) electrons. The number of nitro benzene ring substituents is 1. The summed E-state index contributed by atoms with van der Waals surface area (Å²) in [7, 11) is -3.00. The first-order valence-corrected chi connectivity index (χ1v) is 33.2. The summed E-state index contributed by atoms with van der Waals surface area (Å²) in [6, 6.07) is 23.4. The number of benzene rings is 3. The van der Waals surface area contributed by atoms with Crippen LogP contribution in [0.3, 0.4) is 0 Å². The number of ether oxygens (including phenoxy) is 5. The Morgan fingerprint density at radius 1 is 0.888 bits per heavy atom. The van der Waals surface area contributed by atoms with E-state index in [-0.39, 0.29) is 47.1 Å². The number of H-pyrrole nitrogens is 1. The monoisotopic (exact) mass is 1240 g/mol. The number of aromatic nitrogens is 3. The van der Waals surface area contributed by atoms with E-state index in [1.807, 2.05) is 36.7 Å². The number of pyridine rings is 2. The van der Waals surface area contributed by atoms with Crippen molar-refractivity contribution in [3.63, 3.8) is 0 Å². The number of amides is 1. The maximum absolute atomic E-state index is 15.0. The van der Waals surface area contributed by atoms with Crippen molar-refractivity contribution in [1.82, 2.24) is 39.3 Å². The van der Waals surface area contributed by atoms with Crippen molar-refractivity contribution in [3.8, 4) is 17.4 Å². The van der Waals surface area contributed by atoms with E-state index in [0.717, 1.165) is 138 Å². The van der Waals surface area contributed by atoms with Crippen LogP contribution in [0, 0.1) is 22.5 Å². The van der Waals surface area contributed by atoms with Crippen LogP contribution in [0.25, 0.3) is 11.0 Å². The molecule has 6 aromatic rings. The lowest BCUT2D eigenvalue weighted by Crippen LogP contribution is -2.59. The predicted octanol–water partition coefficient (Wildman–Crippen LogP) is 7.33. The number of carbonyl (C=O) groups excluding carboxylic acids is 1. The van der Waals surface area contributed by atoms with E-state index in [0.29, 0.717) is 74.4 Å². The van der Waals surface area contributed by atoms with Gasteiger partial charge in [-0.2, -0.15) is 4.98 Å². The van der Waals surface area contributed by atoms with Crippen LogP contribution in [0.1, 0.15) is 79.0 Å². The van der Waals surface area contributed by atoms with E-state index < -0.39 is 37.5 Å². The van der Waals surface area contributed by atoms with Gasteiger partial charge in [0.2, 0.25) is 5.88 Å². The maximum Gasteiger partial charge on any atom is 0.297 e. The Morgan fingerprint density at radius 2 is 1.69 bits per heavy atom. The zero-order valence-electron chi connectivity index (χ0n) is 51.3. The molecule has 8 aliphatic rings. The fraction of sp³-hybridized carbons (Fsp3) is 0.523. The minimum absolute atomic E-state index is 0.0280. The van der Waals surface area contributed by atoms with E-state index in [1.165, 1.54) is 17.2 Å². The van der Waals surface area contributed by atoms with E-state index in [2.05, 4.69) is 100 Å². The van der Waals surface area contributed by atoms with Gasteiger partial charge in [-0.15, -0.1) is 0 Å². The summed E-state index contributed by atoms with van der Waals surface area (Å²) in [6.45, 7) is 19.8. The summed E-state index contributed by atoms with van der Waals surface area (Å²) in [4.78, 5) is 56.5. The number of carbonyl (C=O) groups is 1. The Hall–Kier alpha value is -7.32. The second kappa shape index (κ2) is 24.5. The smallest absolute Gasteiger partial charge is 0.297 e. The summed E-state index contributed by atoms with van der Waals surface area (Å²) in [6.07, 6.45) is 8.19. The second-order valence-electron chi connectivity index (χ2n) is 25.8. The number of nitro groups is 1. The molecule has 89 heavy (non-hydrogen) atoms. The van der Waals surface area contributed by atoms with Crippen molar-refractivity contribution in [2.24, 2.45) is 5.41 Å². The van der Waals surface area contributed by atoms with Crippen LogP contribution in [0.5, 0.6) is 17.4 Å². The third kappa shape index (κ3) is 11.8. The lowest BCUT2D eigenvalue weighted by atomic mass is 9.59. The van der Waals surface area contributed by atoms with E-state index in [9.17, 15) is 18.5 Å². The Labute approximate surface area is 519 Å². The quantitative estimate of drug-likeness (QED) is 0.0675. The molecule has 5 saturated heterocycles. The fourth-order valence-corrected chi connectivity index (χ4v) is 16.2. The highest BCUT2D eigenvalue weighted by Gasteiger charge is 2.50. The second-order valence-corrected chi connectivity index (χ2v) is 27.5. The lowest BCUT2D eigenvalue weighted by Gasteiger charge is -2.58. The SMILES string of the molecule is COc1cc(CN2CCN(C3CC4(CCN(c5ccc(C(=O)NS(=O)(=O)c6cc7c(c([N+](=O)[O-])c6)N[C@@H](CN6CCN(C(C)C)CC6)CO7)c(N6c7cc8cc[nH]c8nc7O[C@H]7COCC[C@@H]76)c5)CC4)C3)[C@H](c3ccccc3C)C2)cnc1N1CCOCC1. The summed E-state index contributed by atoms with van der Waals surface area (Å²) in [5.41, 5.74) is 6.44. The molecule has 472 valence electrons. The molecule has 3 aromatic carbocycles. The Kier molecular flexibility index (Phi) is 16.3. The number of hydrogen-bond donors (Lipinski definition) is 3. The average molecular weight is 1240 g/mol. The number of methoxy groups -OCH3 is 1. The Balaban J connectivity index is 0.702. The number of anilines is 5. The van der Waals surface area contributed by atoms with Crippen LogP contribution in [-0.2, 0) is 26.0 Å². The molecule has 1 aliphatic carbocycles. The summed E-state index contributed by atoms with van der Waals surface area (Å²) < 4.78 is 61.6. The van der Waals surface area contributed by atoms with Gasteiger partial charge < -0.3 is 48.7 Å². The number of nitrogens with one attached hydrogen (secondary N) is 3. The number of aryl methyl sites for hydroxylation is 1. The van der Waals surface area contributed by atoms with Gasteiger partial charge in [0.05, 0.1) is 60.1 Å². The van der Waals surface area contributed by atoms with Gasteiger partial charge >= 0.3 is 0 Å². The maximum atomic E-state index is 15.0. The largest absolute Gasteiger partial charge is 0.493 e. The van der Waals surface area contributed by atoms with Gasteiger partial charge in [0.15, 0.2) is 23.0 Å². The molecule has 24 heteroatoms. The van der Waals surface area contributed by atoms with Crippen molar-refractivity contribution < 1.29 is 41.8 Å². The average Bonchev–Trinajstić information content (AvgIpc) is 2.85. The number of hydrogen-bond acceptors (Lipinski definition) is 20. The van der Waals surface area contributed by atoms with Gasteiger partial charge in [-0.25, -0.2) is 18.1 Å². The standard InChI is InChI=1S/C65H81N13O10S/c1-42(2)73-21-18-71(19-22-73)38-46-40-87-57-33-49(32-54(78(80)81)60(57)68-46)89(82,83)70-63(79)51-10-9-47(31-53(51)77-52-12-26-86-41-59(52)88-64-55(77)30-45-11-15-66-61(45)69-64)74-16-13-65(14-17-74)34-48(35-65)76-23-20-72(39-56(76)50-8-6-5-7-43(50)3)37-44-29-58(84-4)62(67-36-44)75-24-27-85-28-25-75/h5-11,15,29-33,36,42,46,48,52,56,59,68H,12-14,16-28,34-35,37-41H2,1-4H3,(H,66,69)(H,70,79)/t46-,52-,56-,59-/m0/s1. The molecule has 6 fully saturated rings. The Bertz CT molecular complexity index is 3730. The Morgan fingerprint density at radius 3 is 2.46 bits per heavy atom. The fourth-order valence-electron chi connectivity index (χ4n) is 15.2. The van der Waals surface area contributed by atoms with Crippen molar-refractivity contribution in [2.45, 2.75) is 101 Å². The molecule has 0 unspecified atom stereocenters. The van der Waals surface area contributed by atoms with Crippen molar-refractivity contribution in [2.75, 3.05) is 139 Å². The molecular weight excluding hydrogens is 1150 g/mol. The van der Waals surface area contributed by atoms with E-state index in [4.69, 9.17) is 33.7 Å². The van der Waals surface area contributed by atoms with Gasteiger partial charge in [0.1, 0.15) is 24.0 Å². The number of rotatable bonds is 15. The molecule has 0 bridgehead atoms. The summed E-state index contributed by atoms with van der Waals surface area (Å²) in [5, 5.41) is 16.9. The topological polar surface area (TPSA) is 229 Å². The third-order valence-electron chi connectivity index (χ3n) is 20.2. The van der Waals surface area contributed by atoms with Crippen LogP contribution in [0.15, 0.2) is 90.1 Å². The minimum atomic E-state index is -4.73. The number of piperazine rings is 2. The normalized spacial score (nSPS) is 23.6. The zero-order chi connectivity index (χ0) is 61.1. The van der Waals surface area contributed by atoms with E-state index >= 15 is 4.79 Å². The first-order valence-electron chi connectivity index (χ1n) is 31.7. The van der Waals surface area contributed by atoms with Crippen LogP contribution >= 0.6 is 0 Å². The van der Waals surface area contributed by atoms with E-state index in [1.54, 1.807) is 13.2 Å². The van der Waals surface area contributed by atoms with Gasteiger partial charge in [-0.1, -0.05) is 24.3 Å². The molecule has 3 aromatic heterocycles. The number of nitrogens with zero attached hydrogens (tertiary/aromatic N) is 10. The van der Waals surface area contributed by atoms with Crippen LogP contribution < -0.4 is 38.9 Å². The summed E-state index contributed by atoms with van der Waals surface area (Å²) >= 11 is 0. The number of fused-ring (bicyclic) bond motifs is 4. The summed E-state index contributed by atoms with van der Waals surface area (Å²) in [5.74, 6) is 1.17. The molecule has 1 saturated carbocycles. The number of aromatic amines is 1. The first-order chi connectivity index (χ1) is 43.2. The molecule has 4 atom stereocenters. The van der Waals surface area contributed by atoms with Gasteiger partial charge in [0.25, 0.3) is 21.6 Å². The molecule has 1 spiro atoms. The zero-order valence-corrected chi connectivity index (χ0v) is 52.1. The van der Waals surface area contributed by atoms with Crippen molar-refractivity contribution >= 4 is 61.2 Å². The highest BCUT2D eigenvalue weighted by Crippen LogP contribution is 2.54. The number of sulfonamides is 1. The number of piperidine rings is 1. The number of morpholine rings is 1. The van der Waals surface area contributed by atoms with Gasteiger partial charge in [0, 0.05) is 145 Å². The van der Waals surface area contributed by atoms with Crippen LogP contribution in [-0.4, -0.2) is 203 Å². The first kappa shape index (κ1) is 59.3. The van der Waals surface area contributed by atoms with Crippen molar-refractivity contribution in [1.29, 1.82) is 0 Å². The lowest BCUT2D eigenvalue weighted by molar-refractivity contribution is -0.384. The van der Waals surface area contributed by atoms with Crippen molar-refractivity contribution in [3.05, 3.63) is 118 Å². The highest BCUT2D eigenvalue weighted by atomic mass is 32.2. The molecule has 14 rings (SSSR count). The molecule has 23 nitrogen and oxygen atoms in total. The van der Waals surface area contributed by atoms with Crippen LogP contribution in [0.4, 0.5) is 34.3 Å². The van der Waals surface area contributed by atoms with Gasteiger partial charge in [-0.05, 0) is 111 Å². The molecule has 10 heterocycles.